The molecule has 174 valence electrons. The Hall–Kier alpha value is -3.44. The van der Waals surface area contributed by atoms with E-state index in [9.17, 15) is 14.7 Å². The first-order valence-electron chi connectivity index (χ1n) is 11.1. The zero-order valence-electron chi connectivity index (χ0n) is 18.6. The van der Waals surface area contributed by atoms with Crippen LogP contribution in [0.3, 0.4) is 0 Å². The molecule has 1 aliphatic heterocycles. The van der Waals surface area contributed by atoms with Crippen molar-refractivity contribution < 1.29 is 14.7 Å². The smallest absolute Gasteiger partial charge is 0.264 e. The predicted molar refractivity (Wildman–Crippen MR) is 139 cm³/mol. The van der Waals surface area contributed by atoms with E-state index >= 15 is 0 Å². The van der Waals surface area contributed by atoms with Crippen molar-refractivity contribution in [3.63, 3.8) is 0 Å². The van der Waals surface area contributed by atoms with E-state index in [1.807, 2.05) is 42.5 Å². The Kier molecular flexibility index (Phi) is 6.20. The van der Waals surface area contributed by atoms with Crippen LogP contribution in [0.25, 0.3) is 11.1 Å². The first-order valence-corrected chi connectivity index (χ1v) is 11.9. The lowest BCUT2D eigenvalue weighted by Gasteiger charge is -2.23. The summed E-state index contributed by atoms with van der Waals surface area (Å²) < 4.78 is 0. The van der Waals surface area contributed by atoms with Crippen molar-refractivity contribution in [2.75, 3.05) is 4.90 Å². The van der Waals surface area contributed by atoms with Crippen molar-refractivity contribution in [2.45, 2.75) is 18.6 Å². The molecule has 4 aromatic carbocycles. The Labute approximate surface area is 213 Å². The minimum atomic E-state index is -1.97. The first-order chi connectivity index (χ1) is 16.9. The lowest BCUT2D eigenvalue weighted by molar-refractivity contribution is -0.136. The molecule has 0 aliphatic carbocycles. The zero-order chi connectivity index (χ0) is 24.6. The lowest BCUT2D eigenvalue weighted by atomic mass is 9.88. The summed E-state index contributed by atoms with van der Waals surface area (Å²) >= 11 is 12.3. The van der Waals surface area contributed by atoms with E-state index in [1.165, 1.54) is 4.90 Å². The largest absolute Gasteiger partial charge is 0.375 e. The molecule has 1 heterocycles. The van der Waals surface area contributed by atoms with Gasteiger partial charge in [-0.1, -0.05) is 102 Å². The van der Waals surface area contributed by atoms with Crippen LogP contribution in [0.4, 0.5) is 5.69 Å². The van der Waals surface area contributed by atoms with Gasteiger partial charge < -0.3 is 10.0 Å². The molecule has 0 saturated carbocycles. The highest BCUT2D eigenvalue weighted by molar-refractivity contribution is 6.35. The molecule has 6 heteroatoms. The van der Waals surface area contributed by atoms with Gasteiger partial charge in [0, 0.05) is 21.2 Å². The quantitative estimate of drug-likeness (QED) is 0.300. The van der Waals surface area contributed by atoms with E-state index in [0.29, 0.717) is 32.4 Å². The summed E-state index contributed by atoms with van der Waals surface area (Å²) in [6.07, 6.45) is -0.363. The monoisotopic (exact) mass is 501 g/mol. The Bertz CT molecular complexity index is 1420. The van der Waals surface area contributed by atoms with Gasteiger partial charge in [-0.2, -0.15) is 0 Å². The predicted octanol–water partition coefficient (Wildman–Crippen LogP) is 6.67. The maximum Gasteiger partial charge on any atom is 0.264 e. The minimum absolute atomic E-state index is 0.147. The molecule has 1 aliphatic rings. The number of rotatable bonds is 6. The number of benzene rings is 4. The van der Waals surface area contributed by atoms with E-state index in [2.05, 4.69) is 0 Å². The first kappa shape index (κ1) is 23.3. The number of fused-ring (bicyclic) bond motifs is 1. The van der Waals surface area contributed by atoms with Crippen molar-refractivity contribution >= 4 is 40.6 Å². The SMILES string of the molecule is O=C(CC1(O)C(=O)N(Cc2ccc(Cl)cc2Cl)c2ccccc21)c1ccc(-c2ccccc2)cc1. The van der Waals surface area contributed by atoms with Crippen molar-refractivity contribution in [3.05, 3.63) is 124 Å². The Morgan fingerprint density at radius 2 is 1.49 bits per heavy atom. The van der Waals surface area contributed by atoms with Crippen LogP contribution in [0.2, 0.25) is 10.0 Å². The molecule has 1 unspecified atom stereocenters. The van der Waals surface area contributed by atoms with E-state index < -0.39 is 11.5 Å². The van der Waals surface area contributed by atoms with Crippen LogP contribution < -0.4 is 4.90 Å². The third-order valence-electron chi connectivity index (χ3n) is 6.31. The number of anilines is 1. The topological polar surface area (TPSA) is 57.6 Å². The van der Waals surface area contributed by atoms with Gasteiger partial charge in [0.1, 0.15) is 0 Å². The normalized spacial score (nSPS) is 16.9. The summed E-state index contributed by atoms with van der Waals surface area (Å²) in [6.45, 7) is 0.147. The summed E-state index contributed by atoms with van der Waals surface area (Å²) in [5.74, 6) is -0.874. The number of amides is 1. The maximum absolute atomic E-state index is 13.5. The molecule has 4 aromatic rings. The van der Waals surface area contributed by atoms with Crippen LogP contribution in [-0.4, -0.2) is 16.8 Å². The second-order valence-corrected chi connectivity index (χ2v) is 9.39. The number of aliphatic hydroxyl groups is 1. The van der Waals surface area contributed by atoms with Gasteiger partial charge in [0.25, 0.3) is 5.91 Å². The minimum Gasteiger partial charge on any atom is -0.375 e. The number of ketones is 1. The summed E-state index contributed by atoms with van der Waals surface area (Å²) in [5.41, 5.74) is 2.14. The number of hydrogen-bond acceptors (Lipinski definition) is 3. The van der Waals surface area contributed by atoms with Gasteiger partial charge in [0.2, 0.25) is 0 Å². The van der Waals surface area contributed by atoms with Gasteiger partial charge in [-0.25, -0.2) is 0 Å². The van der Waals surface area contributed by atoms with E-state index in [0.717, 1.165) is 11.1 Å². The molecule has 4 nitrogen and oxygen atoms in total. The molecule has 1 atom stereocenters. The Morgan fingerprint density at radius 1 is 0.829 bits per heavy atom. The van der Waals surface area contributed by atoms with Gasteiger partial charge in [0.15, 0.2) is 11.4 Å². The molecular weight excluding hydrogens is 481 g/mol. The van der Waals surface area contributed by atoms with Gasteiger partial charge in [-0.05, 0) is 34.9 Å². The van der Waals surface area contributed by atoms with E-state index in [1.54, 1.807) is 54.6 Å². The van der Waals surface area contributed by atoms with Crippen molar-refractivity contribution in [1.82, 2.24) is 0 Å². The third-order valence-corrected chi connectivity index (χ3v) is 6.90. The molecule has 35 heavy (non-hydrogen) atoms. The number of nitrogens with zero attached hydrogens (tertiary/aromatic N) is 1. The number of Topliss-reactive ketones (excluding diaryl/α,β-unsaturated/α-hetero) is 1. The average Bonchev–Trinajstić information content (AvgIpc) is 3.08. The Morgan fingerprint density at radius 3 is 2.20 bits per heavy atom. The van der Waals surface area contributed by atoms with Crippen molar-refractivity contribution in [1.29, 1.82) is 0 Å². The maximum atomic E-state index is 13.5. The standard InChI is InChI=1S/C29H21Cl2NO3/c30-23-15-14-22(25(31)16-23)18-32-26-9-5-4-8-24(26)29(35,28(32)34)17-27(33)21-12-10-20(11-13-21)19-6-2-1-3-7-19/h1-16,35H,17-18H2. The molecule has 0 saturated heterocycles. The number of halogens is 2. The molecule has 1 N–H and O–H groups in total. The fraction of sp³-hybridized carbons (Fsp3) is 0.103. The molecule has 0 aromatic heterocycles. The number of para-hydroxylation sites is 1. The van der Waals surface area contributed by atoms with Crippen LogP contribution in [0.5, 0.6) is 0 Å². The van der Waals surface area contributed by atoms with Crippen LogP contribution in [0.15, 0.2) is 97.1 Å². The van der Waals surface area contributed by atoms with Gasteiger partial charge in [-0.3, -0.25) is 9.59 Å². The average molecular weight is 502 g/mol. The van der Waals surface area contributed by atoms with Crippen LogP contribution in [-0.2, 0) is 16.9 Å². The second-order valence-electron chi connectivity index (χ2n) is 8.55. The van der Waals surface area contributed by atoms with Crippen LogP contribution in [0.1, 0.15) is 27.9 Å². The summed E-state index contributed by atoms with van der Waals surface area (Å²) in [5, 5.41) is 12.5. The zero-order valence-corrected chi connectivity index (χ0v) is 20.1. The third kappa shape index (κ3) is 4.37. The number of carbonyl (C=O) groups is 2. The number of hydrogen-bond donors (Lipinski definition) is 1. The van der Waals surface area contributed by atoms with Crippen molar-refractivity contribution in [3.8, 4) is 11.1 Å². The summed E-state index contributed by atoms with van der Waals surface area (Å²) in [6, 6.07) is 29.1. The molecule has 0 radical (unpaired) electrons. The highest BCUT2D eigenvalue weighted by Gasteiger charge is 2.50. The Balaban J connectivity index is 1.42. The fourth-order valence-corrected chi connectivity index (χ4v) is 4.94. The fourth-order valence-electron chi connectivity index (χ4n) is 4.47. The lowest BCUT2D eigenvalue weighted by Crippen LogP contribution is -2.41. The highest BCUT2D eigenvalue weighted by atomic mass is 35.5. The van der Waals surface area contributed by atoms with Gasteiger partial charge >= 0.3 is 0 Å². The molecule has 0 spiro atoms. The summed E-state index contributed by atoms with van der Waals surface area (Å²) in [7, 11) is 0. The molecular formula is C29H21Cl2NO3. The van der Waals surface area contributed by atoms with Crippen molar-refractivity contribution in [2.24, 2.45) is 0 Å². The van der Waals surface area contributed by atoms with Gasteiger partial charge in [0.05, 0.1) is 18.7 Å². The molecule has 0 bridgehead atoms. The van der Waals surface area contributed by atoms with Crippen LogP contribution >= 0.6 is 23.2 Å². The van der Waals surface area contributed by atoms with Gasteiger partial charge in [-0.15, -0.1) is 0 Å². The summed E-state index contributed by atoms with van der Waals surface area (Å²) in [4.78, 5) is 28.2. The molecule has 0 fully saturated rings. The second kappa shape index (κ2) is 9.31. The van der Waals surface area contributed by atoms with E-state index in [-0.39, 0.29) is 18.7 Å². The molecule has 1 amide bonds. The highest BCUT2D eigenvalue weighted by Crippen LogP contribution is 2.44. The molecule has 5 rings (SSSR count). The number of carbonyl (C=O) groups excluding carboxylic acids is 2. The van der Waals surface area contributed by atoms with Crippen LogP contribution in [0, 0.1) is 0 Å². The van der Waals surface area contributed by atoms with E-state index in [4.69, 9.17) is 23.2 Å².